The van der Waals surface area contributed by atoms with Gasteiger partial charge >= 0.3 is 0 Å². The van der Waals surface area contributed by atoms with Crippen LogP contribution in [0.5, 0.6) is 0 Å². The van der Waals surface area contributed by atoms with Gasteiger partial charge < -0.3 is 5.32 Å². The number of carbonyl (C=O) groups excluding carboxylic acids is 1. The van der Waals surface area contributed by atoms with E-state index in [9.17, 15) is 4.79 Å². The summed E-state index contributed by atoms with van der Waals surface area (Å²) in [6, 6.07) is 10.6. The van der Waals surface area contributed by atoms with Crippen LogP contribution in [0.15, 0.2) is 59.6 Å². The number of aromatic nitrogens is 4. The lowest BCUT2D eigenvalue weighted by molar-refractivity contribution is 0.102. The molecule has 3 rings (SSSR count). The topological polar surface area (TPSA) is 72.7 Å². The highest BCUT2D eigenvalue weighted by molar-refractivity contribution is 9.10. The Bertz CT molecular complexity index is 738. The number of nitrogens with one attached hydrogen (secondary N) is 1. The lowest BCUT2D eigenvalue weighted by Gasteiger charge is -2.05. The Morgan fingerprint density at radius 1 is 1.10 bits per heavy atom. The van der Waals surface area contributed by atoms with E-state index in [1.807, 2.05) is 12.1 Å². The molecule has 0 unspecified atom stereocenters. The maximum Gasteiger partial charge on any atom is 0.276 e. The van der Waals surface area contributed by atoms with Gasteiger partial charge in [-0.1, -0.05) is 15.9 Å². The summed E-state index contributed by atoms with van der Waals surface area (Å²) >= 11 is 3.34. The predicted octanol–water partition coefficient (Wildman–Crippen LogP) is 2.68. The van der Waals surface area contributed by atoms with Crippen molar-refractivity contribution in [3.8, 4) is 5.82 Å². The largest absolute Gasteiger partial charge is 0.321 e. The summed E-state index contributed by atoms with van der Waals surface area (Å²) in [5.74, 6) is 0.301. The molecule has 0 radical (unpaired) electrons. The molecule has 1 aromatic carbocycles. The first kappa shape index (κ1) is 13.4. The first-order valence-electron chi connectivity index (χ1n) is 6.11. The highest BCUT2D eigenvalue weighted by Gasteiger charge is 2.09. The summed E-state index contributed by atoms with van der Waals surface area (Å²) < 4.78 is 2.66. The van der Waals surface area contributed by atoms with Crippen LogP contribution in [0, 0.1) is 0 Å². The molecule has 0 fully saturated rings. The number of nitrogens with zero attached hydrogens (tertiary/aromatic N) is 4. The van der Waals surface area contributed by atoms with Gasteiger partial charge in [0.15, 0.2) is 11.5 Å². The fraction of sp³-hybridized carbons (Fsp3) is 0. The third kappa shape index (κ3) is 3.14. The zero-order chi connectivity index (χ0) is 14.7. The molecule has 0 aliphatic rings. The minimum absolute atomic E-state index is 0.252. The molecule has 0 bridgehead atoms. The van der Waals surface area contributed by atoms with Crippen LogP contribution in [0.1, 0.15) is 10.5 Å². The minimum atomic E-state index is -0.304. The van der Waals surface area contributed by atoms with Crippen molar-refractivity contribution in [1.82, 2.24) is 19.7 Å². The summed E-state index contributed by atoms with van der Waals surface area (Å²) in [7, 11) is 0. The SMILES string of the molecule is O=C(Nc1ccc(Br)cc1)c1ccc(-n2ccnc2)nn1. The van der Waals surface area contributed by atoms with Crippen molar-refractivity contribution >= 4 is 27.5 Å². The molecule has 0 atom stereocenters. The van der Waals surface area contributed by atoms with Gasteiger partial charge in [-0.25, -0.2) is 4.98 Å². The molecule has 0 spiro atoms. The van der Waals surface area contributed by atoms with E-state index < -0.39 is 0 Å². The van der Waals surface area contributed by atoms with Crippen molar-refractivity contribution in [2.45, 2.75) is 0 Å². The maximum absolute atomic E-state index is 12.1. The Kier molecular flexibility index (Phi) is 3.74. The van der Waals surface area contributed by atoms with Crippen molar-refractivity contribution < 1.29 is 4.79 Å². The second-order valence-electron chi connectivity index (χ2n) is 4.21. The Balaban J connectivity index is 1.74. The predicted molar refractivity (Wildman–Crippen MR) is 81.2 cm³/mol. The first-order valence-corrected chi connectivity index (χ1v) is 6.91. The van der Waals surface area contributed by atoms with Crippen molar-refractivity contribution in [3.05, 3.63) is 65.3 Å². The zero-order valence-corrected chi connectivity index (χ0v) is 12.4. The van der Waals surface area contributed by atoms with Gasteiger partial charge in [-0.05, 0) is 36.4 Å². The van der Waals surface area contributed by atoms with Crippen LogP contribution in [0.3, 0.4) is 0 Å². The Morgan fingerprint density at radius 3 is 2.52 bits per heavy atom. The maximum atomic E-state index is 12.1. The summed E-state index contributed by atoms with van der Waals surface area (Å²) in [5.41, 5.74) is 0.950. The fourth-order valence-corrected chi connectivity index (χ4v) is 1.97. The number of carbonyl (C=O) groups is 1. The Hall–Kier alpha value is -2.54. The number of benzene rings is 1. The van der Waals surface area contributed by atoms with E-state index in [-0.39, 0.29) is 11.6 Å². The van der Waals surface area contributed by atoms with Crippen molar-refractivity contribution in [2.75, 3.05) is 5.32 Å². The molecule has 21 heavy (non-hydrogen) atoms. The molecular formula is C14H10BrN5O. The molecule has 0 saturated carbocycles. The fourth-order valence-electron chi connectivity index (χ4n) is 1.71. The first-order chi connectivity index (χ1) is 10.2. The summed E-state index contributed by atoms with van der Waals surface area (Å²) in [5, 5.41) is 10.7. The average molecular weight is 344 g/mol. The third-order valence-electron chi connectivity index (χ3n) is 2.75. The summed E-state index contributed by atoms with van der Waals surface area (Å²) in [6.07, 6.45) is 5.02. The molecule has 6 nitrogen and oxygen atoms in total. The van der Waals surface area contributed by atoms with E-state index in [0.29, 0.717) is 11.5 Å². The standard InChI is InChI=1S/C14H10BrN5O/c15-10-1-3-11(4-2-10)17-14(21)12-5-6-13(19-18-12)20-8-7-16-9-20/h1-9H,(H,17,21). The summed E-state index contributed by atoms with van der Waals surface area (Å²) in [4.78, 5) is 16.0. The second-order valence-corrected chi connectivity index (χ2v) is 5.12. The number of imidazole rings is 1. The lowest BCUT2D eigenvalue weighted by atomic mass is 10.3. The quantitative estimate of drug-likeness (QED) is 0.793. The van der Waals surface area contributed by atoms with Crippen LogP contribution < -0.4 is 5.32 Å². The van der Waals surface area contributed by atoms with Gasteiger partial charge in [-0.2, -0.15) is 0 Å². The van der Waals surface area contributed by atoms with E-state index in [0.717, 1.165) is 4.47 Å². The van der Waals surface area contributed by atoms with E-state index >= 15 is 0 Å². The van der Waals surface area contributed by atoms with Crippen molar-refractivity contribution in [2.24, 2.45) is 0 Å². The molecule has 0 aliphatic carbocycles. The smallest absolute Gasteiger partial charge is 0.276 e. The number of halogens is 1. The molecule has 0 saturated heterocycles. The number of anilines is 1. The van der Waals surface area contributed by atoms with Crippen LogP contribution in [0.2, 0.25) is 0 Å². The van der Waals surface area contributed by atoms with Crippen molar-refractivity contribution in [3.63, 3.8) is 0 Å². The van der Waals surface area contributed by atoms with Crippen LogP contribution in [-0.2, 0) is 0 Å². The molecular weight excluding hydrogens is 334 g/mol. The van der Waals surface area contributed by atoms with Gasteiger partial charge in [0.25, 0.3) is 5.91 Å². The van der Waals surface area contributed by atoms with E-state index in [1.165, 1.54) is 0 Å². The van der Waals surface area contributed by atoms with Gasteiger partial charge in [0.2, 0.25) is 0 Å². The molecule has 104 valence electrons. The Labute approximate surface area is 129 Å². The molecule has 2 aromatic heterocycles. The van der Waals surface area contributed by atoms with Crippen LogP contribution in [-0.4, -0.2) is 25.7 Å². The van der Waals surface area contributed by atoms with Crippen LogP contribution in [0.4, 0.5) is 5.69 Å². The van der Waals surface area contributed by atoms with Gasteiger partial charge in [0, 0.05) is 22.6 Å². The number of rotatable bonds is 3. The zero-order valence-electron chi connectivity index (χ0n) is 10.8. The molecule has 1 N–H and O–H groups in total. The van der Waals surface area contributed by atoms with Crippen molar-refractivity contribution in [1.29, 1.82) is 0 Å². The van der Waals surface area contributed by atoms with Gasteiger partial charge in [0.05, 0.1) is 0 Å². The lowest BCUT2D eigenvalue weighted by Crippen LogP contribution is -2.14. The summed E-state index contributed by atoms with van der Waals surface area (Å²) in [6.45, 7) is 0. The van der Waals surface area contributed by atoms with E-state index in [4.69, 9.17) is 0 Å². The molecule has 1 amide bonds. The highest BCUT2D eigenvalue weighted by atomic mass is 79.9. The average Bonchev–Trinajstić information content (AvgIpc) is 3.04. The number of hydrogen-bond donors (Lipinski definition) is 1. The highest BCUT2D eigenvalue weighted by Crippen LogP contribution is 2.14. The van der Waals surface area contributed by atoms with E-state index in [2.05, 4.69) is 36.4 Å². The number of amides is 1. The monoisotopic (exact) mass is 343 g/mol. The normalized spacial score (nSPS) is 10.3. The van der Waals surface area contributed by atoms with Gasteiger partial charge in [-0.15, -0.1) is 10.2 Å². The van der Waals surface area contributed by atoms with Gasteiger partial charge in [-0.3, -0.25) is 9.36 Å². The molecule has 3 aromatic rings. The van der Waals surface area contributed by atoms with Crippen LogP contribution in [0.25, 0.3) is 5.82 Å². The molecule has 0 aliphatic heterocycles. The number of hydrogen-bond acceptors (Lipinski definition) is 4. The molecule has 2 heterocycles. The van der Waals surface area contributed by atoms with Gasteiger partial charge in [0.1, 0.15) is 6.33 Å². The Morgan fingerprint density at radius 2 is 1.90 bits per heavy atom. The third-order valence-corrected chi connectivity index (χ3v) is 3.28. The van der Waals surface area contributed by atoms with E-state index in [1.54, 1.807) is 47.6 Å². The molecule has 7 heteroatoms. The van der Waals surface area contributed by atoms with Crippen LogP contribution >= 0.6 is 15.9 Å². The minimum Gasteiger partial charge on any atom is -0.321 e. The second kappa shape index (κ2) is 5.84.